The first-order valence-electron chi connectivity index (χ1n) is 6.73. The first-order valence-corrected chi connectivity index (χ1v) is 6.73. The van der Waals surface area contributed by atoms with Gasteiger partial charge in [-0.25, -0.2) is 9.18 Å². The summed E-state index contributed by atoms with van der Waals surface area (Å²) in [6, 6.07) is 6.62. The van der Waals surface area contributed by atoms with Crippen LogP contribution in [0.2, 0.25) is 0 Å². The van der Waals surface area contributed by atoms with Gasteiger partial charge >= 0.3 is 5.97 Å². The minimum absolute atomic E-state index is 0.400. The standard InChI is InChI=1S/C16H17FN2O2/c1-3-7-19-15-9-11(16(20)21-2)4-5-13(15)12-6-8-18-10-14(12)17/h4-6,8-10,19H,3,7H2,1-2H3. The van der Waals surface area contributed by atoms with Gasteiger partial charge in [0, 0.05) is 29.6 Å². The van der Waals surface area contributed by atoms with E-state index in [9.17, 15) is 9.18 Å². The predicted molar refractivity (Wildman–Crippen MR) is 79.8 cm³/mol. The summed E-state index contributed by atoms with van der Waals surface area (Å²) >= 11 is 0. The lowest BCUT2D eigenvalue weighted by Crippen LogP contribution is -2.06. The van der Waals surface area contributed by atoms with Crippen LogP contribution in [0.25, 0.3) is 11.1 Å². The van der Waals surface area contributed by atoms with Gasteiger partial charge in [-0.05, 0) is 24.6 Å². The molecular weight excluding hydrogens is 271 g/mol. The molecule has 1 aromatic heterocycles. The number of nitrogens with zero attached hydrogens (tertiary/aromatic N) is 1. The third-order valence-corrected chi connectivity index (χ3v) is 3.07. The van der Waals surface area contributed by atoms with Crippen molar-refractivity contribution < 1.29 is 13.9 Å². The van der Waals surface area contributed by atoms with Gasteiger partial charge in [-0.15, -0.1) is 0 Å². The zero-order valence-electron chi connectivity index (χ0n) is 12.0. The molecule has 2 rings (SSSR count). The zero-order chi connectivity index (χ0) is 15.2. The van der Waals surface area contributed by atoms with E-state index >= 15 is 0 Å². The highest BCUT2D eigenvalue weighted by Gasteiger charge is 2.13. The molecule has 2 aromatic rings. The van der Waals surface area contributed by atoms with Gasteiger partial charge in [0.15, 0.2) is 0 Å². The number of anilines is 1. The molecule has 21 heavy (non-hydrogen) atoms. The van der Waals surface area contributed by atoms with Crippen LogP contribution in [0.1, 0.15) is 23.7 Å². The van der Waals surface area contributed by atoms with Crippen molar-refractivity contribution in [3.8, 4) is 11.1 Å². The molecule has 0 amide bonds. The van der Waals surface area contributed by atoms with E-state index in [0.717, 1.165) is 13.0 Å². The highest BCUT2D eigenvalue weighted by atomic mass is 19.1. The van der Waals surface area contributed by atoms with Crippen LogP contribution < -0.4 is 5.32 Å². The van der Waals surface area contributed by atoms with Crippen LogP contribution in [0.5, 0.6) is 0 Å². The monoisotopic (exact) mass is 288 g/mol. The van der Waals surface area contributed by atoms with Gasteiger partial charge in [-0.3, -0.25) is 4.98 Å². The predicted octanol–water partition coefficient (Wildman–Crippen LogP) is 3.50. The quantitative estimate of drug-likeness (QED) is 0.856. The van der Waals surface area contributed by atoms with Crippen LogP contribution in [-0.4, -0.2) is 24.6 Å². The number of rotatable bonds is 5. The molecule has 1 aromatic carbocycles. The van der Waals surface area contributed by atoms with Crippen LogP contribution in [-0.2, 0) is 4.74 Å². The van der Waals surface area contributed by atoms with E-state index in [4.69, 9.17) is 4.74 Å². The fraction of sp³-hybridized carbons (Fsp3) is 0.250. The van der Waals surface area contributed by atoms with Crippen molar-refractivity contribution in [3.63, 3.8) is 0 Å². The van der Waals surface area contributed by atoms with Gasteiger partial charge in [-0.1, -0.05) is 13.0 Å². The molecule has 0 aliphatic heterocycles. The molecule has 0 fully saturated rings. The summed E-state index contributed by atoms with van der Waals surface area (Å²) < 4.78 is 18.6. The highest BCUT2D eigenvalue weighted by molar-refractivity contribution is 5.93. The summed E-state index contributed by atoms with van der Waals surface area (Å²) in [5, 5.41) is 3.21. The SMILES string of the molecule is CCCNc1cc(C(=O)OC)ccc1-c1ccncc1F. The van der Waals surface area contributed by atoms with Gasteiger partial charge in [0.25, 0.3) is 0 Å². The lowest BCUT2D eigenvalue weighted by atomic mass is 10.0. The topological polar surface area (TPSA) is 51.2 Å². The smallest absolute Gasteiger partial charge is 0.337 e. The summed E-state index contributed by atoms with van der Waals surface area (Å²) in [6.45, 7) is 2.76. The Kier molecular flexibility index (Phi) is 4.87. The third-order valence-electron chi connectivity index (χ3n) is 3.07. The first-order chi connectivity index (χ1) is 10.2. The summed E-state index contributed by atoms with van der Waals surface area (Å²) in [5.41, 5.74) is 2.26. The number of aromatic nitrogens is 1. The van der Waals surface area contributed by atoms with E-state index in [1.807, 2.05) is 6.92 Å². The molecule has 0 aliphatic carbocycles. The Morgan fingerprint density at radius 2 is 2.14 bits per heavy atom. The second kappa shape index (κ2) is 6.83. The Bertz CT molecular complexity index is 644. The Morgan fingerprint density at radius 1 is 1.33 bits per heavy atom. The van der Waals surface area contributed by atoms with Crippen molar-refractivity contribution in [2.24, 2.45) is 0 Å². The Hall–Kier alpha value is -2.43. The van der Waals surface area contributed by atoms with E-state index in [0.29, 0.717) is 22.4 Å². The van der Waals surface area contributed by atoms with Crippen molar-refractivity contribution in [2.45, 2.75) is 13.3 Å². The van der Waals surface area contributed by atoms with Crippen molar-refractivity contribution in [1.82, 2.24) is 4.98 Å². The maximum absolute atomic E-state index is 13.9. The summed E-state index contributed by atoms with van der Waals surface area (Å²) in [7, 11) is 1.33. The Morgan fingerprint density at radius 3 is 2.81 bits per heavy atom. The van der Waals surface area contributed by atoms with Gasteiger partial charge in [0.1, 0.15) is 5.82 Å². The molecule has 0 unspecified atom stereocenters. The highest BCUT2D eigenvalue weighted by Crippen LogP contribution is 2.30. The van der Waals surface area contributed by atoms with Crippen LogP contribution in [0.15, 0.2) is 36.7 Å². The molecule has 0 saturated carbocycles. The van der Waals surface area contributed by atoms with Gasteiger partial charge in [-0.2, -0.15) is 0 Å². The normalized spacial score (nSPS) is 10.2. The molecule has 1 N–H and O–H groups in total. The fourth-order valence-electron chi connectivity index (χ4n) is 2.02. The van der Waals surface area contributed by atoms with E-state index in [2.05, 4.69) is 10.3 Å². The molecular formula is C16H17FN2O2. The third kappa shape index (κ3) is 3.37. The van der Waals surface area contributed by atoms with Crippen molar-refractivity contribution in [2.75, 3.05) is 19.0 Å². The average Bonchev–Trinajstić information content (AvgIpc) is 2.52. The molecule has 5 heteroatoms. The summed E-state index contributed by atoms with van der Waals surface area (Å²) in [4.78, 5) is 15.4. The molecule has 4 nitrogen and oxygen atoms in total. The second-order valence-electron chi connectivity index (χ2n) is 4.53. The van der Waals surface area contributed by atoms with E-state index in [-0.39, 0.29) is 0 Å². The molecule has 0 atom stereocenters. The molecule has 0 bridgehead atoms. The molecule has 110 valence electrons. The number of benzene rings is 1. The van der Waals surface area contributed by atoms with E-state index < -0.39 is 11.8 Å². The number of pyridine rings is 1. The van der Waals surface area contributed by atoms with Gasteiger partial charge in [0.05, 0.1) is 18.9 Å². The number of nitrogens with one attached hydrogen (secondary N) is 1. The molecule has 0 radical (unpaired) electrons. The summed E-state index contributed by atoms with van der Waals surface area (Å²) in [6.07, 6.45) is 3.63. The van der Waals surface area contributed by atoms with Crippen molar-refractivity contribution in [3.05, 3.63) is 48.0 Å². The minimum Gasteiger partial charge on any atom is -0.465 e. The number of carbonyl (C=O) groups excluding carboxylic acids is 1. The zero-order valence-corrected chi connectivity index (χ0v) is 12.0. The van der Waals surface area contributed by atoms with E-state index in [1.165, 1.54) is 19.5 Å². The van der Waals surface area contributed by atoms with Crippen LogP contribution in [0.4, 0.5) is 10.1 Å². The maximum Gasteiger partial charge on any atom is 0.337 e. The van der Waals surface area contributed by atoms with Crippen LogP contribution >= 0.6 is 0 Å². The minimum atomic E-state index is -0.420. The molecule has 1 heterocycles. The Balaban J connectivity index is 2.49. The number of esters is 1. The van der Waals surface area contributed by atoms with Crippen molar-refractivity contribution >= 4 is 11.7 Å². The lowest BCUT2D eigenvalue weighted by molar-refractivity contribution is 0.0601. The molecule has 0 saturated heterocycles. The van der Waals surface area contributed by atoms with Crippen LogP contribution in [0.3, 0.4) is 0 Å². The number of halogens is 1. The number of carbonyl (C=O) groups is 1. The molecule has 0 spiro atoms. The van der Waals surface area contributed by atoms with Crippen molar-refractivity contribution in [1.29, 1.82) is 0 Å². The largest absolute Gasteiger partial charge is 0.465 e. The second-order valence-corrected chi connectivity index (χ2v) is 4.53. The van der Waals surface area contributed by atoms with Crippen LogP contribution in [0, 0.1) is 5.82 Å². The molecule has 0 aliphatic rings. The maximum atomic E-state index is 13.9. The fourth-order valence-corrected chi connectivity index (χ4v) is 2.02. The van der Waals surface area contributed by atoms with E-state index in [1.54, 1.807) is 24.3 Å². The number of methoxy groups -OCH3 is 1. The Labute approximate surface area is 123 Å². The summed E-state index contributed by atoms with van der Waals surface area (Å²) in [5.74, 6) is -0.820. The number of hydrogen-bond donors (Lipinski definition) is 1. The first kappa shape index (κ1) is 15.0. The van der Waals surface area contributed by atoms with Gasteiger partial charge < -0.3 is 10.1 Å². The van der Waals surface area contributed by atoms with Gasteiger partial charge in [0.2, 0.25) is 0 Å². The number of hydrogen-bond acceptors (Lipinski definition) is 4. The number of ether oxygens (including phenoxy) is 1. The average molecular weight is 288 g/mol. The lowest BCUT2D eigenvalue weighted by Gasteiger charge is -2.13.